The van der Waals surface area contributed by atoms with Gasteiger partial charge < -0.3 is 14.4 Å². The molecular formula is C24H30BrN3O2. The maximum absolute atomic E-state index is 13.3. The molecule has 1 aromatic carbocycles. The Kier molecular flexibility index (Phi) is 6.32. The van der Waals surface area contributed by atoms with E-state index in [2.05, 4.69) is 32.6 Å². The molecule has 160 valence electrons. The van der Waals surface area contributed by atoms with Crippen molar-refractivity contribution >= 4 is 27.7 Å². The number of hydrogen-bond donors (Lipinski definition) is 0. The van der Waals surface area contributed by atoms with E-state index in [0.29, 0.717) is 18.2 Å². The third kappa shape index (κ3) is 4.34. The van der Waals surface area contributed by atoms with E-state index in [1.165, 1.54) is 0 Å². The van der Waals surface area contributed by atoms with Gasteiger partial charge in [-0.2, -0.15) is 0 Å². The molecule has 2 saturated heterocycles. The Morgan fingerprint density at radius 2 is 1.70 bits per heavy atom. The van der Waals surface area contributed by atoms with E-state index in [-0.39, 0.29) is 5.91 Å². The highest BCUT2D eigenvalue weighted by molar-refractivity contribution is 9.10. The van der Waals surface area contributed by atoms with E-state index >= 15 is 0 Å². The monoisotopic (exact) mass is 471 g/mol. The molecule has 1 aromatic heterocycles. The van der Waals surface area contributed by atoms with Crippen LogP contribution in [0.2, 0.25) is 0 Å². The predicted octanol–water partition coefficient (Wildman–Crippen LogP) is 4.72. The van der Waals surface area contributed by atoms with Crippen molar-refractivity contribution in [2.75, 3.05) is 26.2 Å². The van der Waals surface area contributed by atoms with Gasteiger partial charge in [0.2, 0.25) is 5.91 Å². The average Bonchev–Trinajstić information content (AvgIpc) is 3.36. The minimum atomic E-state index is 0.105. The summed E-state index contributed by atoms with van der Waals surface area (Å²) in [6.07, 6.45) is 4.73. The Morgan fingerprint density at radius 1 is 1.00 bits per heavy atom. The number of piperidine rings is 1. The molecule has 2 aromatic rings. The molecule has 0 N–H and O–H groups in total. The molecule has 2 fully saturated rings. The van der Waals surface area contributed by atoms with Crippen LogP contribution in [-0.4, -0.2) is 52.4 Å². The van der Waals surface area contributed by atoms with Gasteiger partial charge >= 0.3 is 0 Å². The fraction of sp³-hybridized carbons (Fsp3) is 0.500. The number of hydrogen-bond acceptors (Lipinski definition) is 2. The van der Waals surface area contributed by atoms with E-state index in [0.717, 1.165) is 79.0 Å². The van der Waals surface area contributed by atoms with Crippen LogP contribution in [0.15, 0.2) is 34.8 Å². The van der Waals surface area contributed by atoms with Crippen molar-refractivity contribution in [2.24, 2.45) is 5.92 Å². The fourth-order valence-electron chi connectivity index (χ4n) is 4.84. The lowest BCUT2D eigenvalue weighted by molar-refractivity contribution is -0.131. The van der Waals surface area contributed by atoms with Gasteiger partial charge in [0.25, 0.3) is 5.91 Å². The highest BCUT2D eigenvalue weighted by Crippen LogP contribution is 2.27. The molecule has 2 aliphatic heterocycles. The molecule has 0 unspecified atom stereocenters. The molecule has 0 radical (unpaired) electrons. The molecular weight excluding hydrogens is 442 g/mol. The Hall–Kier alpha value is -2.08. The molecule has 4 rings (SSSR count). The standard InChI is InChI=1S/C24H30BrN3O2/c1-17-14-22(18(2)28(17)21-7-5-6-20(25)16-21)24(30)27-12-8-19(9-13-27)15-23(29)26-10-3-4-11-26/h5-7,14,16,19H,3-4,8-13,15H2,1-2H3. The first kappa shape index (κ1) is 21.2. The largest absolute Gasteiger partial charge is 0.343 e. The molecule has 0 spiro atoms. The average molecular weight is 472 g/mol. The summed E-state index contributed by atoms with van der Waals surface area (Å²) in [4.78, 5) is 29.7. The number of nitrogens with zero attached hydrogens (tertiary/aromatic N) is 3. The van der Waals surface area contributed by atoms with Crippen molar-refractivity contribution in [1.29, 1.82) is 0 Å². The summed E-state index contributed by atoms with van der Waals surface area (Å²) in [5.41, 5.74) is 3.86. The molecule has 2 aliphatic rings. The van der Waals surface area contributed by atoms with E-state index in [1.807, 2.05) is 41.8 Å². The molecule has 0 saturated carbocycles. The maximum atomic E-state index is 13.3. The summed E-state index contributed by atoms with van der Waals surface area (Å²) < 4.78 is 3.16. The second kappa shape index (κ2) is 8.96. The van der Waals surface area contributed by atoms with E-state index in [1.54, 1.807) is 0 Å². The summed E-state index contributed by atoms with van der Waals surface area (Å²) in [6.45, 7) is 7.37. The Balaban J connectivity index is 1.41. The van der Waals surface area contributed by atoms with Crippen LogP contribution in [0.4, 0.5) is 0 Å². The Labute approximate surface area is 187 Å². The van der Waals surface area contributed by atoms with Crippen molar-refractivity contribution in [3.63, 3.8) is 0 Å². The summed E-state index contributed by atoms with van der Waals surface area (Å²) in [5, 5.41) is 0. The third-order valence-electron chi connectivity index (χ3n) is 6.55. The lowest BCUT2D eigenvalue weighted by atomic mass is 9.92. The summed E-state index contributed by atoms with van der Waals surface area (Å²) in [6, 6.07) is 10.1. The molecule has 3 heterocycles. The van der Waals surface area contributed by atoms with Crippen molar-refractivity contribution in [3.8, 4) is 5.69 Å². The lowest BCUT2D eigenvalue weighted by Gasteiger charge is -2.32. The zero-order chi connectivity index (χ0) is 21.3. The highest BCUT2D eigenvalue weighted by Gasteiger charge is 2.29. The maximum Gasteiger partial charge on any atom is 0.255 e. The number of carbonyl (C=O) groups is 2. The number of aromatic nitrogens is 1. The summed E-state index contributed by atoms with van der Waals surface area (Å²) >= 11 is 3.54. The van der Waals surface area contributed by atoms with E-state index in [4.69, 9.17) is 0 Å². The second-order valence-electron chi connectivity index (χ2n) is 8.63. The second-order valence-corrected chi connectivity index (χ2v) is 9.54. The van der Waals surface area contributed by atoms with Crippen LogP contribution in [0, 0.1) is 19.8 Å². The van der Waals surface area contributed by atoms with Gasteiger partial charge in [-0.1, -0.05) is 22.0 Å². The van der Waals surface area contributed by atoms with Crippen LogP contribution in [-0.2, 0) is 4.79 Å². The highest BCUT2D eigenvalue weighted by atomic mass is 79.9. The molecule has 6 heteroatoms. The first-order valence-electron chi connectivity index (χ1n) is 11.0. The molecule has 0 atom stereocenters. The Morgan fingerprint density at radius 3 is 2.37 bits per heavy atom. The van der Waals surface area contributed by atoms with Gasteiger partial charge in [0.05, 0.1) is 5.56 Å². The number of amides is 2. The van der Waals surface area contributed by atoms with Gasteiger partial charge in [-0.25, -0.2) is 0 Å². The minimum Gasteiger partial charge on any atom is -0.343 e. The zero-order valence-electron chi connectivity index (χ0n) is 17.9. The van der Waals surface area contributed by atoms with Crippen molar-refractivity contribution in [3.05, 3.63) is 51.8 Å². The quantitative estimate of drug-likeness (QED) is 0.647. The number of halogens is 1. The SMILES string of the molecule is Cc1cc(C(=O)N2CCC(CC(=O)N3CCCC3)CC2)c(C)n1-c1cccc(Br)c1. The lowest BCUT2D eigenvalue weighted by Crippen LogP contribution is -2.40. The van der Waals surface area contributed by atoms with Crippen molar-refractivity contribution in [2.45, 2.75) is 46.0 Å². The number of benzene rings is 1. The van der Waals surface area contributed by atoms with Crippen molar-refractivity contribution in [1.82, 2.24) is 14.4 Å². The first-order valence-corrected chi connectivity index (χ1v) is 11.8. The topological polar surface area (TPSA) is 45.6 Å². The van der Waals surface area contributed by atoms with E-state index in [9.17, 15) is 9.59 Å². The normalized spacial score (nSPS) is 17.6. The molecule has 2 amide bonds. The van der Waals surface area contributed by atoms with Crippen LogP contribution in [0.3, 0.4) is 0 Å². The fourth-order valence-corrected chi connectivity index (χ4v) is 5.23. The smallest absolute Gasteiger partial charge is 0.255 e. The first-order chi connectivity index (χ1) is 14.4. The molecule has 0 aliphatic carbocycles. The van der Waals surface area contributed by atoms with Gasteiger partial charge in [-0.15, -0.1) is 0 Å². The van der Waals surface area contributed by atoms with Crippen LogP contribution in [0.1, 0.15) is 53.8 Å². The van der Waals surface area contributed by atoms with Gasteiger partial charge in [-0.05, 0) is 69.7 Å². The molecule has 0 bridgehead atoms. The Bertz CT molecular complexity index is 938. The summed E-state index contributed by atoms with van der Waals surface area (Å²) in [5.74, 6) is 0.805. The van der Waals surface area contributed by atoms with Crippen molar-refractivity contribution < 1.29 is 9.59 Å². The predicted molar refractivity (Wildman–Crippen MR) is 122 cm³/mol. The third-order valence-corrected chi connectivity index (χ3v) is 7.04. The number of likely N-dealkylation sites (tertiary alicyclic amines) is 2. The van der Waals surface area contributed by atoms with Gasteiger partial charge in [0, 0.05) is 54.1 Å². The van der Waals surface area contributed by atoms with Crippen LogP contribution in [0.5, 0.6) is 0 Å². The summed E-state index contributed by atoms with van der Waals surface area (Å²) in [7, 11) is 0. The minimum absolute atomic E-state index is 0.105. The van der Waals surface area contributed by atoms with Crippen LogP contribution in [0.25, 0.3) is 5.69 Å². The number of aryl methyl sites for hydroxylation is 1. The number of carbonyl (C=O) groups excluding carboxylic acids is 2. The van der Waals surface area contributed by atoms with Crippen LogP contribution < -0.4 is 0 Å². The number of rotatable bonds is 4. The van der Waals surface area contributed by atoms with E-state index < -0.39 is 0 Å². The van der Waals surface area contributed by atoms with Gasteiger partial charge in [-0.3, -0.25) is 9.59 Å². The van der Waals surface area contributed by atoms with Gasteiger partial charge in [0.15, 0.2) is 0 Å². The molecule has 5 nitrogen and oxygen atoms in total. The zero-order valence-corrected chi connectivity index (χ0v) is 19.5. The van der Waals surface area contributed by atoms with Gasteiger partial charge in [0.1, 0.15) is 0 Å². The van der Waals surface area contributed by atoms with Crippen LogP contribution >= 0.6 is 15.9 Å². The molecule has 30 heavy (non-hydrogen) atoms.